The number of aryl methyl sites for hydroxylation is 1. The van der Waals surface area contributed by atoms with Gasteiger partial charge in [-0.2, -0.15) is 11.8 Å². The van der Waals surface area contributed by atoms with Gasteiger partial charge in [0.25, 0.3) is 0 Å². The number of benzene rings is 1. The Bertz CT molecular complexity index is 516. The smallest absolute Gasteiger partial charge is 0.194 e. The SMILES string of the molecule is CCNC(=NCC1(O)CCSC1)N(C)Cc1ccc(CC)cc1.I. The summed E-state index contributed by atoms with van der Waals surface area (Å²) in [4.78, 5) is 6.79. The molecule has 1 aromatic carbocycles. The molecule has 1 unspecified atom stereocenters. The standard InChI is InChI=1S/C18H29N3OS.HI/c1-4-15-6-8-16(9-7-15)12-21(3)17(19-5-2)20-13-18(22)10-11-23-14-18;/h6-9,22H,4-5,10-14H2,1-3H3,(H,19,20);1H. The third kappa shape index (κ3) is 6.44. The van der Waals surface area contributed by atoms with Crippen LogP contribution >= 0.6 is 35.7 Å². The average Bonchev–Trinajstić information content (AvgIpc) is 2.99. The first-order chi connectivity index (χ1) is 11.1. The van der Waals surface area contributed by atoms with E-state index >= 15 is 0 Å². The first kappa shape index (κ1) is 21.6. The topological polar surface area (TPSA) is 47.9 Å². The van der Waals surface area contributed by atoms with Crippen molar-refractivity contribution >= 4 is 41.7 Å². The fourth-order valence-electron chi connectivity index (χ4n) is 2.64. The molecular weight excluding hydrogens is 433 g/mol. The highest BCUT2D eigenvalue weighted by atomic mass is 127. The summed E-state index contributed by atoms with van der Waals surface area (Å²) in [6.45, 7) is 6.35. The van der Waals surface area contributed by atoms with Crippen molar-refractivity contribution in [2.45, 2.75) is 38.8 Å². The van der Waals surface area contributed by atoms with Gasteiger partial charge in [-0.25, -0.2) is 0 Å². The highest BCUT2D eigenvalue weighted by Crippen LogP contribution is 2.27. The number of hydrogen-bond acceptors (Lipinski definition) is 3. The fraction of sp³-hybridized carbons (Fsp3) is 0.611. The molecule has 24 heavy (non-hydrogen) atoms. The number of rotatable bonds is 6. The molecule has 1 saturated heterocycles. The fourth-order valence-corrected chi connectivity index (χ4v) is 3.93. The Labute approximate surface area is 167 Å². The van der Waals surface area contributed by atoms with Crippen LogP contribution in [0.15, 0.2) is 29.3 Å². The van der Waals surface area contributed by atoms with E-state index < -0.39 is 5.60 Å². The molecule has 6 heteroatoms. The third-order valence-corrected chi connectivity index (χ3v) is 5.39. The van der Waals surface area contributed by atoms with E-state index in [9.17, 15) is 5.11 Å². The molecule has 2 N–H and O–H groups in total. The zero-order chi connectivity index (χ0) is 16.7. The second kappa shape index (κ2) is 10.5. The van der Waals surface area contributed by atoms with Gasteiger partial charge in [0.15, 0.2) is 5.96 Å². The van der Waals surface area contributed by atoms with Crippen molar-refractivity contribution in [2.24, 2.45) is 4.99 Å². The lowest BCUT2D eigenvalue weighted by Crippen LogP contribution is -2.41. The quantitative estimate of drug-likeness (QED) is 0.387. The van der Waals surface area contributed by atoms with Crippen LogP contribution in [0, 0.1) is 0 Å². The minimum atomic E-state index is -0.630. The maximum absolute atomic E-state index is 10.5. The van der Waals surface area contributed by atoms with E-state index in [2.05, 4.69) is 53.3 Å². The second-order valence-corrected chi connectivity index (χ2v) is 7.33. The maximum Gasteiger partial charge on any atom is 0.194 e. The van der Waals surface area contributed by atoms with Crippen LogP contribution in [0.4, 0.5) is 0 Å². The third-order valence-electron chi connectivity index (χ3n) is 4.15. The Morgan fingerprint density at radius 2 is 1.96 bits per heavy atom. The van der Waals surface area contributed by atoms with Crippen LogP contribution < -0.4 is 5.32 Å². The van der Waals surface area contributed by atoms with Gasteiger partial charge < -0.3 is 15.3 Å². The number of halogens is 1. The summed E-state index contributed by atoms with van der Waals surface area (Å²) in [6, 6.07) is 8.73. The molecular formula is C18H30IN3OS. The molecule has 136 valence electrons. The van der Waals surface area contributed by atoms with Gasteiger partial charge in [-0.15, -0.1) is 24.0 Å². The molecule has 1 fully saturated rings. The molecule has 1 atom stereocenters. The largest absolute Gasteiger partial charge is 0.387 e. The van der Waals surface area contributed by atoms with E-state index in [1.807, 2.05) is 18.8 Å². The van der Waals surface area contributed by atoms with E-state index in [0.29, 0.717) is 6.54 Å². The molecule has 0 radical (unpaired) electrons. The monoisotopic (exact) mass is 463 g/mol. The van der Waals surface area contributed by atoms with Crippen LogP contribution in [0.1, 0.15) is 31.4 Å². The Kier molecular flexibility index (Phi) is 9.44. The highest BCUT2D eigenvalue weighted by Gasteiger charge is 2.31. The molecule has 0 aromatic heterocycles. The summed E-state index contributed by atoms with van der Waals surface area (Å²) in [6.07, 6.45) is 1.90. The summed E-state index contributed by atoms with van der Waals surface area (Å²) >= 11 is 1.81. The number of nitrogens with zero attached hydrogens (tertiary/aromatic N) is 2. The van der Waals surface area contributed by atoms with Crippen molar-refractivity contribution in [1.82, 2.24) is 10.2 Å². The van der Waals surface area contributed by atoms with Gasteiger partial charge in [-0.1, -0.05) is 31.2 Å². The molecule has 0 saturated carbocycles. The first-order valence-electron chi connectivity index (χ1n) is 8.43. The van der Waals surface area contributed by atoms with Crippen LogP contribution in [0.3, 0.4) is 0 Å². The zero-order valence-corrected chi connectivity index (χ0v) is 18.1. The number of nitrogens with one attached hydrogen (secondary N) is 1. The lowest BCUT2D eigenvalue weighted by Gasteiger charge is -2.25. The Morgan fingerprint density at radius 1 is 1.29 bits per heavy atom. The van der Waals surface area contributed by atoms with Gasteiger partial charge in [0.2, 0.25) is 0 Å². The van der Waals surface area contributed by atoms with Crippen molar-refractivity contribution in [1.29, 1.82) is 0 Å². The minimum Gasteiger partial charge on any atom is -0.387 e. The van der Waals surface area contributed by atoms with Crippen molar-refractivity contribution in [3.05, 3.63) is 35.4 Å². The van der Waals surface area contributed by atoms with E-state index in [1.54, 1.807) is 0 Å². The van der Waals surface area contributed by atoms with Gasteiger partial charge in [0.05, 0.1) is 12.1 Å². The molecule has 0 amide bonds. The van der Waals surface area contributed by atoms with E-state index in [0.717, 1.165) is 43.4 Å². The van der Waals surface area contributed by atoms with Crippen molar-refractivity contribution in [3.63, 3.8) is 0 Å². The molecule has 1 aliphatic rings. The van der Waals surface area contributed by atoms with Crippen molar-refractivity contribution < 1.29 is 5.11 Å². The summed E-state index contributed by atoms with van der Waals surface area (Å²) in [5, 5.41) is 13.8. The van der Waals surface area contributed by atoms with Gasteiger partial charge >= 0.3 is 0 Å². The van der Waals surface area contributed by atoms with E-state index in [4.69, 9.17) is 0 Å². The molecule has 4 nitrogen and oxygen atoms in total. The lowest BCUT2D eigenvalue weighted by molar-refractivity contribution is 0.0776. The molecule has 1 aromatic rings. The number of thioether (sulfide) groups is 1. The number of aliphatic hydroxyl groups is 1. The average molecular weight is 463 g/mol. The molecule has 0 spiro atoms. The highest BCUT2D eigenvalue weighted by molar-refractivity contribution is 14.0. The summed E-state index contributed by atoms with van der Waals surface area (Å²) in [7, 11) is 2.04. The Morgan fingerprint density at radius 3 is 2.50 bits per heavy atom. The van der Waals surface area contributed by atoms with Crippen LogP contribution in [0.2, 0.25) is 0 Å². The lowest BCUT2D eigenvalue weighted by atomic mass is 10.0. The van der Waals surface area contributed by atoms with Gasteiger partial charge in [-0.3, -0.25) is 4.99 Å². The molecule has 2 rings (SSSR count). The van der Waals surface area contributed by atoms with Crippen LogP contribution in [0.5, 0.6) is 0 Å². The Hall–Kier alpha value is -0.470. The summed E-state index contributed by atoms with van der Waals surface area (Å²) in [5.74, 6) is 2.68. The number of guanidine groups is 1. The molecule has 0 aliphatic carbocycles. The van der Waals surface area contributed by atoms with E-state index in [1.165, 1.54) is 11.1 Å². The molecule has 1 aliphatic heterocycles. The van der Waals surface area contributed by atoms with Gasteiger partial charge in [0, 0.05) is 25.9 Å². The minimum absolute atomic E-state index is 0. The first-order valence-corrected chi connectivity index (χ1v) is 9.59. The van der Waals surface area contributed by atoms with Crippen molar-refractivity contribution in [2.75, 3.05) is 31.6 Å². The van der Waals surface area contributed by atoms with E-state index in [-0.39, 0.29) is 24.0 Å². The number of hydrogen-bond donors (Lipinski definition) is 2. The van der Waals surface area contributed by atoms with Gasteiger partial charge in [-0.05, 0) is 36.6 Å². The Balaban J connectivity index is 0.00000288. The molecule has 1 heterocycles. The predicted octanol–water partition coefficient (Wildman–Crippen LogP) is 3.13. The second-order valence-electron chi connectivity index (χ2n) is 6.22. The van der Waals surface area contributed by atoms with Crippen molar-refractivity contribution in [3.8, 4) is 0 Å². The van der Waals surface area contributed by atoms with Gasteiger partial charge in [0.1, 0.15) is 0 Å². The van der Waals surface area contributed by atoms with Crippen LogP contribution in [-0.4, -0.2) is 53.2 Å². The normalized spacial score (nSPS) is 20.6. The molecule has 0 bridgehead atoms. The zero-order valence-electron chi connectivity index (χ0n) is 14.9. The van der Waals surface area contributed by atoms with Crippen LogP contribution in [0.25, 0.3) is 0 Å². The number of aliphatic imine (C=N–C) groups is 1. The maximum atomic E-state index is 10.5. The predicted molar refractivity (Wildman–Crippen MR) is 116 cm³/mol. The van der Waals surface area contributed by atoms with Crippen LogP contribution in [-0.2, 0) is 13.0 Å². The summed E-state index contributed by atoms with van der Waals surface area (Å²) in [5.41, 5.74) is 2.00. The summed E-state index contributed by atoms with van der Waals surface area (Å²) < 4.78 is 0.